The normalized spacial score (nSPS) is 11.4. The van der Waals surface area contributed by atoms with Crippen LogP contribution in [0.1, 0.15) is 6.92 Å². The highest BCUT2D eigenvalue weighted by atomic mass is 16.5. The first-order valence-corrected chi connectivity index (χ1v) is 4.97. The van der Waals surface area contributed by atoms with Gasteiger partial charge in [0.15, 0.2) is 0 Å². The highest BCUT2D eigenvalue weighted by Crippen LogP contribution is 2.16. The minimum absolute atomic E-state index is 0.527. The molecule has 2 amide bonds. The first-order chi connectivity index (χ1) is 8.02. The summed E-state index contributed by atoms with van der Waals surface area (Å²) in [5, 5.41) is 13.4. The molecular formula is C11H14N2O4. The van der Waals surface area contributed by atoms with E-state index in [2.05, 4.69) is 10.6 Å². The van der Waals surface area contributed by atoms with Gasteiger partial charge >= 0.3 is 12.0 Å². The Bertz CT molecular complexity index is 420. The van der Waals surface area contributed by atoms with E-state index in [0.29, 0.717) is 11.4 Å². The molecule has 17 heavy (non-hydrogen) atoms. The van der Waals surface area contributed by atoms with E-state index >= 15 is 0 Å². The fraction of sp³-hybridized carbons (Fsp3) is 0.273. The number of anilines is 1. The number of aliphatic carboxylic acids is 1. The van der Waals surface area contributed by atoms with Crippen LogP contribution < -0.4 is 15.4 Å². The van der Waals surface area contributed by atoms with Crippen LogP contribution in [0.25, 0.3) is 0 Å². The van der Waals surface area contributed by atoms with Crippen molar-refractivity contribution in [3.05, 3.63) is 24.3 Å². The molecule has 0 unspecified atom stereocenters. The summed E-state index contributed by atoms with van der Waals surface area (Å²) in [7, 11) is 1.52. The van der Waals surface area contributed by atoms with Crippen molar-refractivity contribution in [1.82, 2.24) is 5.32 Å². The molecule has 6 heteroatoms. The number of carbonyl (C=O) groups excluding carboxylic acids is 1. The molecule has 0 aliphatic heterocycles. The second-order valence-corrected chi connectivity index (χ2v) is 3.39. The molecule has 0 radical (unpaired) electrons. The SMILES string of the molecule is COc1cccc(NC(=O)N[C@H](C)C(=O)O)c1. The number of ether oxygens (including phenoxy) is 1. The Morgan fingerprint density at radius 1 is 1.41 bits per heavy atom. The van der Waals surface area contributed by atoms with Crippen molar-refractivity contribution in [1.29, 1.82) is 0 Å². The number of carboxylic acid groups (broad SMARTS) is 1. The zero-order chi connectivity index (χ0) is 12.8. The van der Waals surface area contributed by atoms with Crippen LogP contribution in [0.5, 0.6) is 5.75 Å². The van der Waals surface area contributed by atoms with E-state index in [0.717, 1.165) is 0 Å². The number of nitrogens with one attached hydrogen (secondary N) is 2. The maximum Gasteiger partial charge on any atom is 0.325 e. The van der Waals surface area contributed by atoms with Crippen molar-refractivity contribution < 1.29 is 19.4 Å². The summed E-state index contributed by atoms with van der Waals surface area (Å²) in [4.78, 5) is 21.9. The van der Waals surface area contributed by atoms with Crippen LogP contribution in [0.4, 0.5) is 10.5 Å². The van der Waals surface area contributed by atoms with Crippen LogP contribution in [0.2, 0.25) is 0 Å². The molecule has 6 nitrogen and oxygen atoms in total. The van der Waals surface area contributed by atoms with Crippen molar-refractivity contribution in [2.45, 2.75) is 13.0 Å². The average molecular weight is 238 g/mol. The third-order valence-electron chi connectivity index (χ3n) is 2.05. The first-order valence-electron chi connectivity index (χ1n) is 4.97. The molecule has 1 rings (SSSR count). The van der Waals surface area contributed by atoms with Crippen LogP contribution in [-0.2, 0) is 4.79 Å². The van der Waals surface area contributed by atoms with E-state index in [9.17, 15) is 9.59 Å². The molecule has 0 aromatic heterocycles. The van der Waals surface area contributed by atoms with Crippen molar-refractivity contribution in [2.24, 2.45) is 0 Å². The lowest BCUT2D eigenvalue weighted by molar-refractivity contribution is -0.138. The Balaban J connectivity index is 2.58. The largest absolute Gasteiger partial charge is 0.497 e. The molecule has 1 atom stereocenters. The number of hydrogen-bond donors (Lipinski definition) is 3. The van der Waals surface area contributed by atoms with Gasteiger partial charge in [0.25, 0.3) is 0 Å². The minimum Gasteiger partial charge on any atom is -0.497 e. The van der Waals surface area contributed by atoms with Crippen molar-refractivity contribution in [3.8, 4) is 5.75 Å². The Kier molecular flexibility index (Phi) is 4.33. The van der Waals surface area contributed by atoms with Gasteiger partial charge in [0.05, 0.1) is 7.11 Å². The number of carbonyl (C=O) groups is 2. The van der Waals surface area contributed by atoms with Crippen LogP contribution in [0.15, 0.2) is 24.3 Å². The standard InChI is InChI=1S/C11H14N2O4/c1-7(10(14)15)12-11(16)13-8-4-3-5-9(6-8)17-2/h3-7H,1-2H3,(H,14,15)(H2,12,13,16)/t7-/m1/s1. The van der Waals surface area contributed by atoms with Gasteiger partial charge in [-0.25, -0.2) is 4.79 Å². The second kappa shape index (κ2) is 5.74. The van der Waals surface area contributed by atoms with E-state index in [-0.39, 0.29) is 0 Å². The lowest BCUT2D eigenvalue weighted by Gasteiger charge is -2.11. The number of rotatable bonds is 4. The van der Waals surface area contributed by atoms with Crippen LogP contribution in [0, 0.1) is 0 Å². The average Bonchev–Trinajstić information content (AvgIpc) is 2.28. The molecule has 0 aliphatic carbocycles. The number of urea groups is 1. The molecule has 92 valence electrons. The van der Waals surface area contributed by atoms with E-state index in [1.165, 1.54) is 14.0 Å². The molecule has 0 saturated carbocycles. The molecule has 0 heterocycles. The molecule has 0 fully saturated rings. The summed E-state index contributed by atoms with van der Waals surface area (Å²) in [6.07, 6.45) is 0. The molecule has 1 aromatic carbocycles. The van der Waals surface area contributed by atoms with Gasteiger partial charge in [0.2, 0.25) is 0 Å². The van der Waals surface area contributed by atoms with Crippen LogP contribution >= 0.6 is 0 Å². The van der Waals surface area contributed by atoms with Gasteiger partial charge in [0.1, 0.15) is 11.8 Å². The second-order valence-electron chi connectivity index (χ2n) is 3.39. The summed E-state index contributed by atoms with van der Waals surface area (Å²) < 4.78 is 4.99. The zero-order valence-corrected chi connectivity index (χ0v) is 9.56. The third-order valence-corrected chi connectivity index (χ3v) is 2.05. The lowest BCUT2D eigenvalue weighted by Crippen LogP contribution is -2.40. The Labute approximate surface area is 98.6 Å². The predicted molar refractivity (Wildman–Crippen MR) is 62.2 cm³/mol. The molecule has 1 aromatic rings. The monoisotopic (exact) mass is 238 g/mol. The van der Waals surface area contributed by atoms with Crippen LogP contribution in [-0.4, -0.2) is 30.3 Å². The van der Waals surface area contributed by atoms with E-state index in [4.69, 9.17) is 9.84 Å². The molecule has 0 aliphatic rings. The Morgan fingerprint density at radius 3 is 2.71 bits per heavy atom. The first kappa shape index (κ1) is 12.8. The number of amides is 2. The summed E-state index contributed by atoms with van der Waals surface area (Å²) >= 11 is 0. The third kappa shape index (κ3) is 4.02. The Morgan fingerprint density at radius 2 is 2.12 bits per heavy atom. The van der Waals surface area contributed by atoms with Gasteiger partial charge < -0.3 is 20.5 Å². The fourth-order valence-corrected chi connectivity index (χ4v) is 1.13. The zero-order valence-electron chi connectivity index (χ0n) is 9.56. The summed E-state index contributed by atoms with van der Waals surface area (Å²) in [5.74, 6) is -0.486. The quantitative estimate of drug-likeness (QED) is 0.737. The number of benzene rings is 1. The summed E-state index contributed by atoms with van der Waals surface area (Å²) in [5.41, 5.74) is 0.527. The molecule has 0 spiro atoms. The highest BCUT2D eigenvalue weighted by Gasteiger charge is 2.13. The van der Waals surface area contributed by atoms with E-state index in [1.807, 2.05) is 0 Å². The molecule has 3 N–H and O–H groups in total. The van der Waals surface area contributed by atoms with Crippen molar-refractivity contribution in [2.75, 3.05) is 12.4 Å². The highest BCUT2D eigenvalue weighted by molar-refractivity contribution is 5.92. The maximum absolute atomic E-state index is 11.4. The van der Waals surface area contributed by atoms with Gasteiger partial charge in [-0.05, 0) is 19.1 Å². The topological polar surface area (TPSA) is 87.7 Å². The van der Waals surface area contributed by atoms with Gasteiger partial charge in [-0.15, -0.1) is 0 Å². The van der Waals surface area contributed by atoms with Crippen molar-refractivity contribution >= 4 is 17.7 Å². The predicted octanol–water partition coefficient (Wildman–Crippen LogP) is 1.29. The fourth-order valence-electron chi connectivity index (χ4n) is 1.13. The van der Waals surface area contributed by atoms with E-state index in [1.54, 1.807) is 24.3 Å². The number of hydrogen-bond acceptors (Lipinski definition) is 3. The van der Waals surface area contributed by atoms with Gasteiger partial charge in [-0.1, -0.05) is 6.07 Å². The summed E-state index contributed by atoms with van der Waals surface area (Å²) in [6.45, 7) is 1.38. The summed E-state index contributed by atoms with van der Waals surface area (Å²) in [6, 6.07) is 5.24. The molecule has 0 bridgehead atoms. The minimum atomic E-state index is -1.09. The number of carboxylic acids is 1. The van der Waals surface area contributed by atoms with Gasteiger partial charge in [0, 0.05) is 11.8 Å². The maximum atomic E-state index is 11.4. The number of methoxy groups -OCH3 is 1. The van der Waals surface area contributed by atoms with Gasteiger partial charge in [-0.3, -0.25) is 4.79 Å². The molecular weight excluding hydrogens is 224 g/mol. The van der Waals surface area contributed by atoms with Crippen molar-refractivity contribution in [3.63, 3.8) is 0 Å². The van der Waals surface area contributed by atoms with E-state index < -0.39 is 18.0 Å². The van der Waals surface area contributed by atoms with Gasteiger partial charge in [-0.2, -0.15) is 0 Å². The molecule has 0 saturated heterocycles. The Hall–Kier alpha value is -2.24. The lowest BCUT2D eigenvalue weighted by atomic mass is 10.3. The smallest absolute Gasteiger partial charge is 0.325 e. The van der Waals surface area contributed by atoms with Crippen LogP contribution in [0.3, 0.4) is 0 Å².